The van der Waals surface area contributed by atoms with Crippen LogP contribution in [0.15, 0.2) is 84.9 Å². The fourth-order valence-corrected chi connectivity index (χ4v) is 4.65. The van der Waals surface area contributed by atoms with Crippen molar-refractivity contribution in [3.63, 3.8) is 0 Å². The van der Waals surface area contributed by atoms with Crippen molar-refractivity contribution >= 4 is 6.16 Å². The smallest absolute Gasteiger partial charge is 0.394 e. The van der Waals surface area contributed by atoms with E-state index in [-0.39, 0.29) is 0 Å². The van der Waals surface area contributed by atoms with E-state index in [0.29, 0.717) is 11.5 Å². The monoisotopic (exact) mass is 390 g/mol. The summed E-state index contributed by atoms with van der Waals surface area (Å²) in [5.74, 6) is 1.12. The Bertz CT molecular complexity index is 1220. The van der Waals surface area contributed by atoms with Crippen LogP contribution in [0.4, 0.5) is 4.79 Å². The molecule has 0 atom stereocenters. The van der Waals surface area contributed by atoms with E-state index in [9.17, 15) is 4.79 Å². The highest BCUT2D eigenvalue weighted by Crippen LogP contribution is 2.42. The van der Waals surface area contributed by atoms with Gasteiger partial charge in [-0.15, -0.1) is 0 Å². The molecule has 0 fully saturated rings. The van der Waals surface area contributed by atoms with Crippen molar-refractivity contribution in [3.8, 4) is 33.8 Å². The maximum atomic E-state index is 12.7. The standard InChI is InChI=1S/C27H18O3/c28-27(29-25-13-5-11-21-19-9-3-1-7-17(19)15-23(21)25)30-26-14-6-12-22-20-10-4-2-8-18(20)16-24(22)26/h1-14H,15-16H2. The number of hydrogen-bond acceptors (Lipinski definition) is 3. The van der Waals surface area contributed by atoms with Gasteiger partial charge < -0.3 is 9.47 Å². The molecule has 4 aromatic rings. The maximum Gasteiger partial charge on any atom is 0.519 e. The normalized spacial score (nSPS) is 12.5. The van der Waals surface area contributed by atoms with Gasteiger partial charge in [0.1, 0.15) is 11.5 Å². The van der Waals surface area contributed by atoms with E-state index in [1.54, 1.807) is 0 Å². The summed E-state index contributed by atoms with van der Waals surface area (Å²) in [5, 5.41) is 0. The van der Waals surface area contributed by atoms with Crippen LogP contribution >= 0.6 is 0 Å². The number of rotatable bonds is 2. The topological polar surface area (TPSA) is 35.5 Å². The average Bonchev–Trinajstić information content (AvgIpc) is 3.34. The number of benzene rings is 4. The van der Waals surface area contributed by atoms with Gasteiger partial charge in [-0.1, -0.05) is 72.8 Å². The third kappa shape index (κ3) is 2.63. The molecule has 0 saturated carbocycles. The number of carbonyl (C=O) groups is 1. The summed E-state index contributed by atoms with van der Waals surface area (Å²) in [6.07, 6.45) is 0.805. The summed E-state index contributed by atoms with van der Waals surface area (Å²) in [5.41, 5.74) is 9.18. The third-order valence-corrected chi connectivity index (χ3v) is 6.00. The molecule has 3 heteroatoms. The second-order valence-corrected chi connectivity index (χ2v) is 7.69. The van der Waals surface area contributed by atoms with Gasteiger partial charge in [0.15, 0.2) is 0 Å². The molecule has 0 heterocycles. The minimum Gasteiger partial charge on any atom is -0.394 e. The predicted molar refractivity (Wildman–Crippen MR) is 116 cm³/mol. The Labute approximate surface area is 174 Å². The SMILES string of the molecule is O=C(Oc1cccc2c1Cc1ccccc1-2)Oc1cccc2c1Cc1ccccc1-2. The molecule has 6 rings (SSSR count). The lowest BCUT2D eigenvalue weighted by molar-refractivity contribution is 0.151. The maximum absolute atomic E-state index is 12.7. The fourth-order valence-electron chi connectivity index (χ4n) is 4.65. The van der Waals surface area contributed by atoms with Crippen molar-refractivity contribution in [2.24, 2.45) is 0 Å². The summed E-state index contributed by atoms with van der Waals surface area (Å²) in [6, 6.07) is 28.2. The molecule has 3 nitrogen and oxygen atoms in total. The minimum absolute atomic E-state index is 0.560. The zero-order valence-corrected chi connectivity index (χ0v) is 16.2. The van der Waals surface area contributed by atoms with E-state index in [1.165, 1.54) is 22.3 Å². The van der Waals surface area contributed by atoms with Crippen LogP contribution in [-0.2, 0) is 12.8 Å². The second-order valence-electron chi connectivity index (χ2n) is 7.69. The van der Waals surface area contributed by atoms with Gasteiger partial charge in [-0.05, 0) is 45.5 Å². The lowest BCUT2D eigenvalue weighted by Crippen LogP contribution is -2.15. The Kier molecular flexibility index (Phi) is 3.75. The fraction of sp³-hybridized carbons (Fsp3) is 0.0741. The van der Waals surface area contributed by atoms with E-state index in [4.69, 9.17) is 9.47 Å². The first kappa shape index (κ1) is 17.0. The molecule has 0 amide bonds. The molecule has 0 unspecified atom stereocenters. The molecule has 0 bridgehead atoms. The van der Waals surface area contributed by atoms with Gasteiger partial charge in [0, 0.05) is 24.0 Å². The highest BCUT2D eigenvalue weighted by Gasteiger charge is 2.25. The van der Waals surface area contributed by atoms with Crippen molar-refractivity contribution in [3.05, 3.63) is 107 Å². The Hall–Kier alpha value is -3.85. The van der Waals surface area contributed by atoms with Gasteiger partial charge in [0.05, 0.1) is 0 Å². The summed E-state index contributed by atoms with van der Waals surface area (Å²) in [7, 11) is 0. The van der Waals surface area contributed by atoms with Gasteiger partial charge in [0.2, 0.25) is 0 Å². The molecule has 0 aromatic heterocycles. The van der Waals surface area contributed by atoms with Crippen LogP contribution in [0, 0.1) is 0 Å². The molecule has 30 heavy (non-hydrogen) atoms. The van der Waals surface area contributed by atoms with Gasteiger partial charge in [-0.2, -0.15) is 0 Å². The second kappa shape index (κ2) is 6.60. The number of carbonyl (C=O) groups excluding carboxylic acids is 1. The van der Waals surface area contributed by atoms with E-state index >= 15 is 0 Å². The Balaban J connectivity index is 1.27. The van der Waals surface area contributed by atoms with Gasteiger partial charge in [-0.3, -0.25) is 0 Å². The first-order chi connectivity index (χ1) is 14.8. The molecule has 0 N–H and O–H groups in total. The highest BCUT2D eigenvalue weighted by molar-refractivity contribution is 5.82. The molecule has 0 radical (unpaired) electrons. The zero-order valence-electron chi connectivity index (χ0n) is 16.2. The van der Waals surface area contributed by atoms with Gasteiger partial charge >= 0.3 is 6.16 Å². The largest absolute Gasteiger partial charge is 0.519 e. The van der Waals surface area contributed by atoms with Crippen molar-refractivity contribution in [2.45, 2.75) is 12.8 Å². The first-order valence-electron chi connectivity index (χ1n) is 10.1. The number of fused-ring (bicyclic) bond motifs is 6. The quantitative estimate of drug-likeness (QED) is 0.253. The lowest BCUT2D eigenvalue weighted by Gasteiger charge is -2.11. The van der Waals surface area contributed by atoms with E-state index < -0.39 is 6.16 Å². The Morgan fingerprint density at radius 1 is 0.533 bits per heavy atom. The van der Waals surface area contributed by atoms with Gasteiger partial charge in [-0.25, -0.2) is 4.79 Å². The molecule has 4 aromatic carbocycles. The predicted octanol–water partition coefficient (Wildman–Crippen LogP) is 6.41. The molecular weight excluding hydrogens is 372 g/mol. The lowest BCUT2D eigenvalue weighted by atomic mass is 10.1. The molecule has 144 valence electrons. The molecule has 0 saturated heterocycles. The van der Waals surface area contributed by atoms with E-state index in [0.717, 1.165) is 35.1 Å². The van der Waals surface area contributed by atoms with Crippen molar-refractivity contribution in [2.75, 3.05) is 0 Å². The van der Waals surface area contributed by atoms with Crippen LogP contribution in [-0.4, -0.2) is 6.16 Å². The first-order valence-corrected chi connectivity index (χ1v) is 10.1. The molecular formula is C27H18O3. The third-order valence-electron chi connectivity index (χ3n) is 6.00. The molecule has 0 spiro atoms. The molecule has 2 aliphatic carbocycles. The number of hydrogen-bond donors (Lipinski definition) is 0. The molecule has 2 aliphatic rings. The van der Waals surface area contributed by atoms with Crippen LogP contribution in [0.3, 0.4) is 0 Å². The highest BCUT2D eigenvalue weighted by atomic mass is 16.7. The average molecular weight is 390 g/mol. The van der Waals surface area contributed by atoms with Crippen LogP contribution in [0.5, 0.6) is 11.5 Å². The van der Waals surface area contributed by atoms with Crippen molar-refractivity contribution in [1.29, 1.82) is 0 Å². The van der Waals surface area contributed by atoms with E-state index in [2.05, 4.69) is 36.4 Å². The van der Waals surface area contributed by atoms with Crippen molar-refractivity contribution < 1.29 is 14.3 Å². The Morgan fingerprint density at radius 2 is 0.967 bits per heavy atom. The minimum atomic E-state index is -0.705. The van der Waals surface area contributed by atoms with Crippen LogP contribution < -0.4 is 9.47 Å². The summed E-state index contributed by atoms with van der Waals surface area (Å²) in [6.45, 7) is 0. The van der Waals surface area contributed by atoms with Crippen LogP contribution in [0.2, 0.25) is 0 Å². The summed E-state index contributed by atoms with van der Waals surface area (Å²) < 4.78 is 11.3. The van der Waals surface area contributed by atoms with Crippen LogP contribution in [0.25, 0.3) is 22.3 Å². The summed E-state index contributed by atoms with van der Waals surface area (Å²) in [4.78, 5) is 12.7. The summed E-state index contributed by atoms with van der Waals surface area (Å²) >= 11 is 0. The zero-order chi connectivity index (χ0) is 20.1. The van der Waals surface area contributed by atoms with E-state index in [1.807, 2.05) is 48.5 Å². The van der Waals surface area contributed by atoms with Crippen molar-refractivity contribution in [1.82, 2.24) is 0 Å². The Morgan fingerprint density at radius 3 is 1.47 bits per heavy atom. The van der Waals surface area contributed by atoms with Crippen LogP contribution in [0.1, 0.15) is 22.3 Å². The molecule has 0 aliphatic heterocycles. The van der Waals surface area contributed by atoms with Gasteiger partial charge in [0.25, 0.3) is 0 Å². The number of ether oxygens (including phenoxy) is 2.